The van der Waals surface area contributed by atoms with Crippen LogP contribution in [0.25, 0.3) is 0 Å². The Morgan fingerprint density at radius 2 is 2.00 bits per heavy atom. The van der Waals surface area contributed by atoms with Crippen LogP contribution in [0.3, 0.4) is 0 Å². The normalized spacial score (nSPS) is 16.9. The number of ether oxygens (including phenoxy) is 3. The Balaban J connectivity index is 1.76. The molecule has 1 unspecified atom stereocenters. The number of hydrogen-bond donors (Lipinski definition) is 1. The lowest BCUT2D eigenvalue weighted by molar-refractivity contribution is -0.171. The SMILES string of the molecule is O=C(CO)c1oc(COC2CCCCO2)cc(=O)c1OCc1ccccc1. The van der Waals surface area contributed by atoms with E-state index in [2.05, 4.69) is 0 Å². The fourth-order valence-corrected chi connectivity index (χ4v) is 2.74. The molecule has 1 atom stereocenters. The van der Waals surface area contributed by atoms with Gasteiger partial charge in [0.1, 0.15) is 25.6 Å². The van der Waals surface area contributed by atoms with Crippen LogP contribution in [0.1, 0.15) is 41.1 Å². The first kappa shape index (κ1) is 19.3. The summed E-state index contributed by atoms with van der Waals surface area (Å²) in [5.74, 6) is -1.07. The number of aliphatic hydroxyl groups is 1. The van der Waals surface area contributed by atoms with Crippen molar-refractivity contribution in [2.24, 2.45) is 0 Å². The highest BCUT2D eigenvalue weighted by Gasteiger charge is 2.21. The van der Waals surface area contributed by atoms with Crippen molar-refractivity contribution in [2.45, 2.75) is 38.8 Å². The maximum absolute atomic E-state index is 12.4. The minimum Gasteiger partial charge on any atom is -0.481 e. The van der Waals surface area contributed by atoms with E-state index in [1.165, 1.54) is 6.07 Å². The van der Waals surface area contributed by atoms with Crippen molar-refractivity contribution < 1.29 is 28.5 Å². The predicted octanol–water partition coefficient (Wildman–Crippen LogP) is 2.44. The van der Waals surface area contributed by atoms with Crippen LogP contribution in [-0.2, 0) is 22.7 Å². The highest BCUT2D eigenvalue weighted by Crippen LogP contribution is 2.20. The van der Waals surface area contributed by atoms with Crippen molar-refractivity contribution in [3.63, 3.8) is 0 Å². The van der Waals surface area contributed by atoms with Crippen LogP contribution in [0.15, 0.2) is 45.6 Å². The Bertz CT molecular complexity index is 807. The van der Waals surface area contributed by atoms with Crippen LogP contribution in [0.4, 0.5) is 0 Å². The monoisotopic (exact) mass is 374 g/mol. The fourth-order valence-electron chi connectivity index (χ4n) is 2.74. The lowest BCUT2D eigenvalue weighted by atomic mass is 10.2. The second-order valence-electron chi connectivity index (χ2n) is 6.20. The Labute approximate surface area is 156 Å². The minimum absolute atomic E-state index is 0.00934. The molecule has 0 aliphatic carbocycles. The zero-order chi connectivity index (χ0) is 19.1. The zero-order valence-corrected chi connectivity index (χ0v) is 14.9. The number of carbonyl (C=O) groups is 1. The van der Waals surface area contributed by atoms with Crippen LogP contribution in [0.2, 0.25) is 0 Å². The molecule has 2 heterocycles. The predicted molar refractivity (Wildman–Crippen MR) is 95.5 cm³/mol. The van der Waals surface area contributed by atoms with Gasteiger partial charge in [-0.3, -0.25) is 9.59 Å². The van der Waals surface area contributed by atoms with Gasteiger partial charge in [-0.1, -0.05) is 30.3 Å². The van der Waals surface area contributed by atoms with Crippen molar-refractivity contribution in [2.75, 3.05) is 13.2 Å². The molecule has 1 aliphatic heterocycles. The summed E-state index contributed by atoms with van der Waals surface area (Å²) in [4.78, 5) is 24.5. The molecule has 144 valence electrons. The molecule has 0 saturated carbocycles. The lowest BCUT2D eigenvalue weighted by Gasteiger charge is -2.22. The van der Waals surface area contributed by atoms with Gasteiger partial charge in [-0.05, 0) is 24.8 Å². The van der Waals surface area contributed by atoms with E-state index in [0.29, 0.717) is 6.61 Å². The second-order valence-corrected chi connectivity index (χ2v) is 6.20. The van der Waals surface area contributed by atoms with E-state index in [-0.39, 0.29) is 36.8 Å². The van der Waals surface area contributed by atoms with Gasteiger partial charge in [0.2, 0.25) is 22.7 Å². The van der Waals surface area contributed by atoms with E-state index in [1.807, 2.05) is 30.3 Å². The first-order chi connectivity index (χ1) is 13.2. The molecule has 1 aromatic heterocycles. The summed E-state index contributed by atoms with van der Waals surface area (Å²) in [6, 6.07) is 10.5. The number of carbonyl (C=O) groups excluding carboxylic acids is 1. The van der Waals surface area contributed by atoms with Gasteiger partial charge in [0, 0.05) is 12.7 Å². The molecule has 27 heavy (non-hydrogen) atoms. The smallest absolute Gasteiger partial charge is 0.227 e. The first-order valence-corrected chi connectivity index (χ1v) is 8.88. The molecule has 1 saturated heterocycles. The van der Waals surface area contributed by atoms with Crippen LogP contribution in [0.5, 0.6) is 5.75 Å². The van der Waals surface area contributed by atoms with E-state index in [4.69, 9.17) is 18.6 Å². The second kappa shape index (κ2) is 9.45. The van der Waals surface area contributed by atoms with Gasteiger partial charge in [-0.2, -0.15) is 0 Å². The van der Waals surface area contributed by atoms with E-state index >= 15 is 0 Å². The van der Waals surface area contributed by atoms with Crippen molar-refractivity contribution in [1.82, 2.24) is 0 Å². The molecule has 7 nitrogen and oxygen atoms in total. The summed E-state index contributed by atoms with van der Waals surface area (Å²) in [5.41, 5.74) is 0.332. The molecule has 1 aromatic carbocycles. The molecule has 7 heteroatoms. The lowest BCUT2D eigenvalue weighted by Crippen LogP contribution is -2.22. The van der Waals surface area contributed by atoms with Crippen LogP contribution < -0.4 is 10.2 Å². The third kappa shape index (κ3) is 5.26. The van der Waals surface area contributed by atoms with Crippen LogP contribution in [-0.4, -0.2) is 30.4 Å². The van der Waals surface area contributed by atoms with Crippen molar-refractivity contribution in [3.05, 3.63) is 63.7 Å². The molecule has 1 fully saturated rings. The minimum atomic E-state index is -0.791. The number of hydrogen-bond acceptors (Lipinski definition) is 7. The highest BCUT2D eigenvalue weighted by atomic mass is 16.7. The number of aliphatic hydroxyl groups excluding tert-OH is 1. The van der Waals surface area contributed by atoms with Crippen molar-refractivity contribution in [1.29, 1.82) is 0 Å². The summed E-state index contributed by atoms with van der Waals surface area (Å²) >= 11 is 0. The molecule has 3 rings (SSSR count). The molecular formula is C20H22O7. The van der Waals surface area contributed by atoms with Gasteiger partial charge in [0.05, 0.1) is 0 Å². The number of ketones is 1. The summed E-state index contributed by atoms with van der Waals surface area (Å²) in [5, 5.41) is 9.20. The maximum Gasteiger partial charge on any atom is 0.227 e. The standard InChI is InChI=1S/C20H22O7/c21-11-17(23)20-19(26-12-14-6-2-1-3-7-14)16(22)10-15(27-20)13-25-18-8-4-5-9-24-18/h1-3,6-7,10,18,21H,4-5,8-9,11-13H2. The van der Waals surface area contributed by atoms with Gasteiger partial charge in [-0.15, -0.1) is 0 Å². The van der Waals surface area contributed by atoms with E-state index < -0.39 is 17.8 Å². The van der Waals surface area contributed by atoms with Gasteiger partial charge in [0.15, 0.2) is 6.29 Å². The quantitative estimate of drug-likeness (QED) is 0.709. The molecule has 0 bridgehead atoms. The number of benzene rings is 1. The van der Waals surface area contributed by atoms with E-state index in [1.54, 1.807) is 0 Å². The Morgan fingerprint density at radius 3 is 2.70 bits per heavy atom. The third-order valence-corrected chi connectivity index (χ3v) is 4.13. The number of Topliss-reactive ketones (excluding diaryl/α,β-unsaturated/α-hetero) is 1. The summed E-state index contributed by atoms with van der Waals surface area (Å²) in [7, 11) is 0. The molecular weight excluding hydrogens is 352 g/mol. The highest BCUT2D eigenvalue weighted by molar-refractivity contribution is 5.96. The van der Waals surface area contributed by atoms with Gasteiger partial charge < -0.3 is 23.7 Å². The zero-order valence-electron chi connectivity index (χ0n) is 14.9. The maximum atomic E-state index is 12.4. The molecule has 0 amide bonds. The average molecular weight is 374 g/mol. The van der Waals surface area contributed by atoms with Gasteiger partial charge >= 0.3 is 0 Å². The topological polar surface area (TPSA) is 95.2 Å². The summed E-state index contributed by atoms with van der Waals surface area (Å²) in [6.07, 6.45) is 2.42. The Morgan fingerprint density at radius 1 is 1.19 bits per heavy atom. The molecule has 2 aromatic rings. The van der Waals surface area contributed by atoms with Gasteiger partial charge in [0.25, 0.3) is 0 Å². The summed E-state index contributed by atoms with van der Waals surface area (Å²) < 4.78 is 22.1. The third-order valence-electron chi connectivity index (χ3n) is 4.13. The van der Waals surface area contributed by atoms with Crippen LogP contribution in [0, 0.1) is 0 Å². The van der Waals surface area contributed by atoms with Crippen LogP contribution >= 0.6 is 0 Å². The Hall–Kier alpha value is -2.48. The molecule has 1 aliphatic rings. The first-order valence-electron chi connectivity index (χ1n) is 8.88. The summed E-state index contributed by atoms with van der Waals surface area (Å²) in [6.45, 7) is -0.0660. The molecule has 0 spiro atoms. The molecule has 1 N–H and O–H groups in total. The van der Waals surface area contributed by atoms with Crippen molar-refractivity contribution >= 4 is 5.78 Å². The number of rotatable bonds is 8. The molecule has 0 radical (unpaired) electrons. The van der Waals surface area contributed by atoms with E-state index in [0.717, 1.165) is 24.8 Å². The van der Waals surface area contributed by atoms with Gasteiger partial charge in [-0.25, -0.2) is 0 Å². The van der Waals surface area contributed by atoms with Crippen molar-refractivity contribution in [3.8, 4) is 5.75 Å². The fraction of sp³-hybridized carbons (Fsp3) is 0.400. The largest absolute Gasteiger partial charge is 0.481 e. The average Bonchev–Trinajstić information content (AvgIpc) is 2.72. The van der Waals surface area contributed by atoms with E-state index in [9.17, 15) is 14.7 Å². The Kier molecular flexibility index (Phi) is 6.75.